The van der Waals surface area contributed by atoms with E-state index in [1.54, 1.807) is 42.5 Å². The third-order valence-corrected chi connectivity index (χ3v) is 6.66. The number of fused-ring (bicyclic) bond motifs is 1. The van der Waals surface area contributed by atoms with Gasteiger partial charge in [-0.15, -0.1) is 0 Å². The second-order valence-corrected chi connectivity index (χ2v) is 9.81. The van der Waals surface area contributed by atoms with Gasteiger partial charge in [-0.25, -0.2) is 14.6 Å². The molecule has 0 atom stereocenters. The maximum absolute atomic E-state index is 12.6. The lowest BCUT2D eigenvalue weighted by Gasteiger charge is -2.10. The van der Waals surface area contributed by atoms with E-state index in [0.29, 0.717) is 24.5 Å². The monoisotopic (exact) mass is 605 g/mol. The van der Waals surface area contributed by atoms with Crippen molar-refractivity contribution in [2.75, 3.05) is 17.2 Å². The number of carbonyl (C=O) groups is 4. The number of nitrogens with zero attached hydrogens (tertiary/aromatic N) is 1. The van der Waals surface area contributed by atoms with Crippen LogP contribution in [-0.4, -0.2) is 45.6 Å². The molecule has 11 nitrogen and oxygen atoms in total. The number of aromatic nitrogens is 1. The summed E-state index contributed by atoms with van der Waals surface area (Å²) in [7, 11) is 0. The highest BCUT2D eigenvalue weighted by molar-refractivity contribution is 6.07. The molecule has 0 bridgehead atoms. The lowest BCUT2D eigenvalue weighted by atomic mass is 10.1. The first kappa shape index (κ1) is 30.2. The molecule has 4 N–H and O–H groups in total. The third kappa shape index (κ3) is 7.79. The number of hydrogen-bond donors (Lipinski definition) is 4. The zero-order valence-corrected chi connectivity index (χ0v) is 23.7. The summed E-state index contributed by atoms with van der Waals surface area (Å²) in [4.78, 5) is 51.8. The Kier molecular flexibility index (Phi) is 9.29. The fourth-order valence-corrected chi connectivity index (χ4v) is 4.44. The van der Waals surface area contributed by atoms with Crippen molar-refractivity contribution in [3.05, 3.63) is 120 Å². The SMILES string of the molecule is O=C(CCCOc1ccc2cc(Oc3ccc(C(=O)Nc4ccccc4C(=O)O)cn3)ccc2c1)Nc1ccccc1C(=O)O. The van der Waals surface area contributed by atoms with E-state index in [-0.39, 0.29) is 46.3 Å². The molecular weight excluding hydrogens is 578 g/mol. The minimum Gasteiger partial charge on any atom is -0.494 e. The molecule has 45 heavy (non-hydrogen) atoms. The second kappa shape index (κ2) is 13.8. The minimum absolute atomic E-state index is 0.0173. The van der Waals surface area contributed by atoms with Gasteiger partial charge in [0.25, 0.3) is 5.91 Å². The molecule has 0 aliphatic carbocycles. The van der Waals surface area contributed by atoms with E-state index in [0.717, 1.165) is 10.8 Å². The molecule has 5 rings (SSSR count). The van der Waals surface area contributed by atoms with E-state index in [2.05, 4.69) is 15.6 Å². The summed E-state index contributed by atoms with van der Waals surface area (Å²) in [6.45, 7) is 0.298. The Morgan fingerprint density at radius 2 is 1.29 bits per heavy atom. The predicted molar refractivity (Wildman–Crippen MR) is 166 cm³/mol. The standard InChI is InChI=1S/C34H27N3O8/c38-30(36-28-8-3-1-6-26(28)33(40)41)10-5-17-44-24-14-11-22-19-25(15-12-21(22)18-24)45-31-16-13-23(20-35-31)32(39)37-29-9-4-2-7-27(29)34(42)43/h1-4,6-9,11-16,18-20H,5,10,17H2,(H,36,38)(H,37,39)(H,40,41)(H,42,43). The van der Waals surface area contributed by atoms with Crippen LogP contribution < -0.4 is 20.1 Å². The highest BCUT2D eigenvalue weighted by Gasteiger charge is 2.14. The Balaban J connectivity index is 1.12. The fourth-order valence-electron chi connectivity index (χ4n) is 4.44. The van der Waals surface area contributed by atoms with Crippen molar-refractivity contribution in [2.45, 2.75) is 12.8 Å². The van der Waals surface area contributed by atoms with Crippen molar-refractivity contribution in [3.8, 4) is 17.4 Å². The van der Waals surface area contributed by atoms with Gasteiger partial charge in [-0.2, -0.15) is 0 Å². The quantitative estimate of drug-likeness (QED) is 0.117. The average Bonchev–Trinajstić information content (AvgIpc) is 3.03. The van der Waals surface area contributed by atoms with Crippen LogP contribution in [-0.2, 0) is 4.79 Å². The Morgan fingerprint density at radius 1 is 0.689 bits per heavy atom. The normalized spacial score (nSPS) is 10.6. The van der Waals surface area contributed by atoms with Crippen molar-refractivity contribution in [3.63, 3.8) is 0 Å². The van der Waals surface area contributed by atoms with Gasteiger partial charge < -0.3 is 30.3 Å². The minimum atomic E-state index is -1.15. The first-order chi connectivity index (χ1) is 21.8. The Hall–Kier alpha value is -6.23. The summed E-state index contributed by atoms with van der Waals surface area (Å²) in [5.74, 6) is -1.62. The maximum Gasteiger partial charge on any atom is 0.337 e. The van der Waals surface area contributed by atoms with Gasteiger partial charge in [-0.05, 0) is 71.8 Å². The van der Waals surface area contributed by atoms with Crippen molar-refractivity contribution < 1.29 is 38.9 Å². The van der Waals surface area contributed by atoms with Gasteiger partial charge in [0, 0.05) is 18.7 Å². The molecule has 5 aromatic rings. The number of carboxylic acid groups (broad SMARTS) is 2. The van der Waals surface area contributed by atoms with Crippen molar-refractivity contribution >= 4 is 45.9 Å². The van der Waals surface area contributed by atoms with E-state index in [9.17, 15) is 29.4 Å². The zero-order chi connectivity index (χ0) is 31.8. The van der Waals surface area contributed by atoms with E-state index >= 15 is 0 Å². The van der Waals surface area contributed by atoms with Gasteiger partial charge in [0.2, 0.25) is 11.8 Å². The Bertz CT molecular complexity index is 1890. The molecule has 0 radical (unpaired) electrons. The van der Waals surface area contributed by atoms with Gasteiger partial charge in [0.15, 0.2) is 0 Å². The zero-order valence-electron chi connectivity index (χ0n) is 23.7. The molecule has 0 saturated heterocycles. The number of benzene rings is 4. The van der Waals surface area contributed by atoms with Crippen LogP contribution in [0.3, 0.4) is 0 Å². The van der Waals surface area contributed by atoms with Crippen LogP contribution in [0.15, 0.2) is 103 Å². The largest absolute Gasteiger partial charge is 0.494 e. The molecule has 4 aromatic carbocycles. The summed E-state index contributed by atoms with van der Waals surface area (Å²) >= 11 is 0. The number of ether oxygens (including phenoxy) is 2. The molecule has 226 valence electrons. The first-order valence-corrected chi connectivity index (χ1v) is 13.8. The van der Waals surface area contributed by atoms with Crippen LogP contribution in [0.25, 0.3) is 10.8 Å². The molecule has 0 spiro atoms. The number of anilines is 2. The van der Waals surface area contributed by atoms with E-state index in [1.807, 2.05) is 30.3 Å². The molecule has 0 saturated carbocycles. The number of rotatable bonds is 12. The highest BCUT2D eigenvalue weighted by Crippen LogP contribution is 2.28. The van der Waals surface area contributed by atoms with Gasteiger partial charge in [0.1, 0.15) is 11.5 Å². The maximum atomic E-state index is 12.6. The van der Waals surface area contributed by atoms with Gasteiger partial charge in [0.05, 0.1) is 34.7 Å². The van der Waals surface area contributed by atoms with Crippen LogP contribution >= 0.6 is 0 Å². The first-order valence-electron chi connectivity index (χ1n) is 13.8. The molecule has 1 heterocycles. The van der Waals surface area contributed by atoms with Crippen LogP contribution in [0.1, 0.15) is 43.9 Å². The molecular formula is C34H27N3O8. The average molecular weight is 606 g/mol. The molecule has 0 fully saturated rings. The van der Waals surface area contributed by atoms with E-state index in [1.165, 1.54) is 30.5 Å². The lowest BCUT2D eigenvalue weighted by molar-refractivity contribution is -0.116. The van der Waals surface area contributed by atoms with Crippen molar-refractivity contribution in [1.29, 1.82) is 0 Å². The smallest absolute Gasteiger partial charge is 0.337 e. The lowest BCUT2D eigenvalue weighted by Crippen LogP contribution is -2.15. The fraction of sp³-hybridized carbons (Fsp3) is 0.0882. The number of amides is 2. The van der Waals surface area contributed by atoms with Gasteiger partial charge >= 0.3 is 11.9 Å². The second-order valence-electron chi connectivity index (χ2n) is 9.81. The molecule has 0 aliphatic rings. The Labute approximate surface area is 257 Å². The van der Waals surface area contributed by atoms with E-state index < -0.39 is 17.8 Å². The number of hydrogen-bond acceptors (Lipinski definition) is 7. The number of carboxylic acids is 2. The molecule has 2 amide bonds. The van der Waals surface area contributed by atoms with Gasteiger partial charge in [-0.3, -0.25) is 9.59 Å². The van der Waals surface area contributed by atoms with Crippen LogP contribution in [0.2, 0.25) is 0 Å². The highest BCUT2D eigenvalue weighted by atomic mass is 16.5. The van der Waals surface area contributed by atoms with Crippen molar-refractivity contribution in [2.24, 2.45) is 0 Å². The summed E-state index contributed by atoms with van der Waals surface area (Å²) in [5.41, 5.74) is 0.687. The number of aromatic carboxylic acids is 2. The van der Waals surface area contributed by atoms with E-state index in [4.69, 9.17) is 9.47 Å². The summed E-state index contributed by atoms with van der Waals surface area (Å²) in [6, 6.07) is 26.5. The Morgan fingerprint density at radius 3 is 1.91 bits per heavy atom. The van der Waals surface area contributed by atoms with Gasteiger partial charge in [-0.1, -0.05) is 36.4 Å². The predicted octanol–water partition coefficient (Wildman–Crippen LogP) is 6.47. The summed E-state index contributed by atoms with van der Waals surface area (Å²) in [6.07, 6.45) is 1.95. The van der Waals surface area contributed by atoms with Crippen molar-refractivity contribution in [1.82, 2.24) is 4.98 Å². The summed E-state index contributed by atoms with van der Waals surface area (Å²) in [5, 5.41) is 25.6. The number of pyridine rings is 1. The topological polar surface area (TPSA) is 164 Å². The molecule has 1 aromatic heterocycles. The number of carbonyl (C=O) groups excluding carboxylic acids is 2. The van der Waals surface area contributed by atoms with Crippen LogP contribution in [0.4, 0.5) is 11.4 Å². The third-order valence-electron chi connectivity index (χ3n) is 6.66. The number of nitrogens with one attached hydrogen (secondary N) is 2. The number of para-hydroxylation sites is 2. The molecule has 0 unspecified atom stereocenters. The van der Waals surface area contributed by atoms with Crippen LogP contribution in [0.5, 0.6) is 17.4 Å². The van der Waals surface area contributed by atoms with Crippen LogP contribution in [0, 0.1) is 0 Å². The molecule has 11 heteroatoms. The molecule has 0 aliphatic heterocycles. The summed E-state index contributed by atoms with van der Waals surface area (Å²) < 4.78 is 11.7.